The van der Waals surface area contributed by atoms with Crippen molar-refractivity contribution in [2.24, 2.45) is 11.8 Å². The van der Waals surface area contributed by atoms with Crippen LogP contribution in [0.2, 0.25) is 0 Å². The molecule has 0 radical (unpaired) electrons. The van der Waals surface area contributed by atoms with Crippen molar-refractivity contribution in [3.8, 4) is 0 Å². The topological polar surface area (TPSA) is 49.9 Å². The second-order valence-corrected chi connectivity index (χ2v) is 9.87. The van der Waals surface area contributed by atoms with Gasteiger partial charge in [0.15, 0.2) is 0 Å². The van der Waals surface area contributed by atoms with Crippen molar-refractivity contribution in [3.05, 3.63) is 10.1 Å². The Balaban J connectivity index is 1.88. The number of carbonyl (C=O) groups is 2. The first-order chi connectivity index (χ1) is 12.2. The Kier molecular flexibility index (Phi) is 4.85. The van der Waals surface area contributed by atoms with Gasteiger partial charge >= 0.3 is 12.3 Å². The zero-order chi connectivity index (χ0) is 20.4. The molecule has 3 unspecified atom stereocenters. The average Bonchev–Trinajstić information content (AvgIpc) is 2.46. The number of piperidine rings is 2. The van der Waals surface area contributed by atoms with Crippen LogP contribution < -0.4 is 0 Å². The van der Waals surface area contributed by atoms with Crippen molar-refractivity contribution >= 4 is 27.9 Å². The first-order valence-electron chi connectivity index (χ1n) is 8.98. The fourth-order valence-electron chi connectivity index (χ4n) is 4.43. The maximum absolute atomic E-state index is 13.3. The first kappa shape index (κ1) is 20.5. The number of rotatable bonds is 0. The molecule has 2 saturated heterocycles. The number of amides is 2. The Hall–Kier alpha value is -1.25. The van der Waals surface area contributed by atoms with E-state index in [1.165, 1.54) is 4.90 Å². The van der Waals surface area contributed by atoms with Crippen molar-refractivity contribution in [1.29, 1.82) is 0 Å². The molecule has 152 valence electrons. The third kappa shape index (κ3) is 3.71. The molecular formula is C18H24BrF3N2O3. The second-order valence-electron chi connectivity index (χ2n) is 8.91. The minimum Gasteiger partial charge on any atom is -0.444 e. The van der Waals surface area contributed by atoms with Gasteiger partial charge in [-0.15, -0.1) is 0 Å². The Morgan fingerprint density at radius 3 is 2.41 bits per heavy atom. The van der Waals surface area contributed by atoms with E-state index < -0.39 is 34.9 Å². The highest BCUT2D eigenvalue weighted by molar-refractivity contribution is 9.11. The van der Waals surface area contributed by atoms with Crippen LogP contribution >= 0.6 is 15.9 Å². The van der Waals surface area contributed by atoms with Crippen LogP contribution in [-0.2, 0) is 9.53 Å². The maximum Gasteiger partial charge on any atom is 0.422 e. The molecule has 3 heterocycles. The zero-order valence-electron chi connectivity index (χ0n) is 15.8. The summed E-state index contributed by atoms with van der Waals surface area (Å²) in [7, 11) is 0. The molecule has 27 heavy (non-hydrogen) atoms. The third-order valence-corrected chi connectivity index (χ3v) is 6.33. The first-order valence-corrected chi connectivity index (χ1v) is 9.77. The number of nitrogens with zero attached hydrogens (tertiary/aromatic N) is 2. The lowest BCUT2D eigenvalue weighted by Crippen LogP contribution is -2.68. The fraction of sp³-hybridized carbons (Fsp3) is 0.778. The minimum absolute atomic E-state index is 0.0559. The van der Waals surface area contributed by atoms with Crippen LogP contribution in [0, 0.1) is 11.8 Å². The van der Waals surface area contributed by atoms with Crippen LogP contribution in [0.1, 0.15) is 40.5 Å². The van der Waals surface area contributed by atoms with Crippen LogP contribution in [-0.4, -0.2) is 58.8 Å². The van der Waals surface area contributed by atoms with Gasteiger partial charge < -0.3 is 14.5 Å². The lowest BCUT2D eigenvalue weighted by atomic mass is 9.68. The van der Waals surface area contributed by atoms with E-state index in [1.807, 2.05) is 6.92 Å². The Morgan fingerprint density at radius 1 is 1.22 bits per heavy atom. The van der Waals surface area contributed by atoms with Gasteiger partial charge in [-0.25, -0.2) is 4.79 Å². The quantitative estimate of drug-likeness (QED) is 0.556. The molecule has 0 spiro atoms. The highest BCUT2D eigenvalue weighted by atomic mass is 79.9. The second kappa shape index (κ2) is 6.39. The molecule has 0 aromatic carbocycles. The normalized spacial score (nSPS) is 31.8. The number of hydrogen-bond donors (Lipinski definition) is 0. The van der Waals surface area contributed by atoms with E-state index >= 15 is 0 Å². The van der Waals surface area contributed by atoms with Gasteiger partial charge in [-0.05, 0) is 40.0 Å². The number of alkyl halides is 3. The molecule has 3 aliphatic heterocycles. The van der Waals surface area contributed by atoms with Gasteiger partial charge in [-0.1, -0.05) is 15.9 Å². The van der Waals surface area contributed by atoms with E-state index in [1.54, 1.807) is 25.7 Å². The summed E-state index contributed by atoms with van der Waals surface area (Å²) >= 11 is 3.01. The summed E-state index contributed by atoms with van der Waals surface area (Å²) in [5.74, 6) is -1.13. The minimum atomic E-state index is -4.69. The van der Waals surface area contributed by atoms with Crippen molar-refractivity contribution in [1.82, 2.24) is 9.80 Å². The van der Waals surface area contributed by atoms with Gasteiger partial charge in [-0.2, -0.15) is 13.2 Å². The van der Waals surface area contributed by atoms with Crippen LogP contribution in [0.3, 0.4) is 0 Å². The van der Waals surface area contributed by atoms with Crippen molar-refractivity contribution in [2.75, 3.05) is 19.6 Å². The van der Waals surface area contributed by atoms with Crippen molar-refractivity contribution in [3.63, 3.8) is 0 Å². The van der Waals surface area contributed by atoms with Crippen LogP contribution in [0.25, 0.3) is 0 Å². The lowest BCUT2D eigenvalue weighted by Gasteiger charge is -2.58. The summed E-state index contributed by atoms with van der Waals surface area (Å²) < 4.78 is 45.4. The van der Waals surface area contributed by atoms with Gasteiger partial charge in [0.2, 0.25) is 0 Å². The van der Waals surface area contributed by atoms with Gasteiger partial charge in [0.25, 0.3) is 5.91 Å². The van der Waals surface area contributed by atoms with E-state index in [0.29, 0.717) is 13.1 Å². The Morgan fingerprint density at radius 2 is 1.85 bits per heavy atom. The van der Waals surface area contributed by atoms with Crippen molar-refractivity contribution in [2.45, 2.75) is 57.9 Å². The molecule has 3 atom stereocenters. The molecule has 0 aliphatic carbocycles. The zero-order valence-corrected chi connectivity index (χ0v) is 17.4. The molecule has 9 heteroatoms. The molecule has 3 aliphatic rings. The number of halogens is 4. The van der Waals surface area contributed by atoms with Crippen LogP contribution in [0.5, 0.6) is 0 Å². The van der Waals surface area contributed by atoms with E-state index in [4.69, 9.17) is 4.74 Å². The summed E-state index contributed by atoms with van der Waals surface area (Å²) in [6.07, 6.45) is -4.23. The third-order valence-electron chi connectivity index (χ3n) is 5.65. The van der Waals surface area contributed by atoms with Gasteiger partial charge in [0.1, 0.15) is 11.2 Å². The summed E-state index contributed by atoms with van der Waals surface area (Å²) in [6.45, 7) is 8.16. The van der Waals surface area contributed by atoms with E-state index in [0.717, 1.165) is 6.42 Å². The smallest absolute Gasteiger partial charge is 0.422 e. The van der Waals surface area contributed by atoms with Crippen LogP contribution in [0.4, 0.5) is 18.0 Å². The molecule has 5 nitrogen and oxygen atoms in total. The number of fused-ring (bicyclic) bond motifs is 4. The molecule has 3 rings (SSSR count). The molecular weight excluding hydrogens is 429 g/mol. The molecule has 0 N–H and O–H groups in total. The summed E-state index contributed by atoms with van der Waals surface area (Å²) in [6, 6.07) is 0. The average molecular weight is 453 g/mol. The Labute approximate surface area is 165 Å². The van der Waals surface area contributed by atoms with Crippen LogP contribution in [0.15, 0.2) is 10.1 Å². The molecule has 0 aromatic heterocycles. The van der Waals surface area contributed by atoms with E-state index in [-0.39, 0.29) is 29.3 Å². The SMILES string of the molecule is CC(C)(C)OC(=O)N1CC2CC(C1)C1(C)CC(Br)=C(C(F)(F)F)C(=O)N1C2. The highest BCUT2D eigenvalue weighted by Gasteiger charge is 2.57. The molecule has 0 saturated carbocycles. The van der Waals surface area contributed by atoms with Gasteiger partial charge in [0, 0.05) is 42.0 Å². The molecule has 0 aromatic rings. The summed E-state index contributed by atoms with van der Waals surface area (Å²) in [5, 5.41) is 0. The number of carbonyl (C=O) groups excluding carboxylic acids is 2. The summed E-state index contributed by atoms with van der Waals surface area (Å²) in [5.41, 5.74) is -2.49. The highest BCUT2D eigenvalue weighted by Crippen LogP contribution is 2.50. The predicted octanol–water partition coefficient (Wildman–Crippen LogP) is 4.08. The molecule has 2 bridgehead atoms. The largest absolute Gasteiger partial charge is 0.444 e. The number of ether oxygens (including phenoxy) is 1. The van der Waals surface area contributed by atoms with Gasteiger partial charge in [-0.3, -0.25) is 4.79 Å². The van der Waals surface area contributed by atoms with Crippen molar-refractivity contribution < 1.29 is 27.5 Å². The van der Waals surface area contributed by atoms with E-state index in [2.05, 4.69) is 15.9 Å². The molecule has 2 fully saturated rings. The Bertz CT molecular complexity index is 701. The monoisotopic (exact) mass is 452 g/mol. The fourth-order valence-corrected chi connectivity index (χ4v) is 5.39. The lowest BCUT2D eigenvalue weighted by molar-refractivity contribution is -0.158. The number of likely N-dealkylation sites (tertiary alicyclic amines) is 1. The summed E-state index contributed by atoms with van der Waals surface area (Å²) in [4.78, 5) is 28.2. The standard InChI is InChI=1S/C18H24BrF3N2O3/c1-16(2,3)27-15(26)23-7-10-5-11(9-23)17(4)6-12(19)13(18(20,21)22)14(25)24(17)8-10/h10-11H,5-9H2,1-4H3. The molecule has 2 amide bonds. The maximum atomic E-state index is 13.3. The van der Waals surface area contributed by atoms with Gasteiger partial charge in [0.05, 0.1) is 0 Å². The number of hydrogen-bond acceptors (Lipinski definition) is 3. The predicted molar refractivity (Wildman–Crippen MR) is 96.1 cm³/mol. The van der Waals surface area contributed by atoms with E-state index in [9.17, 15) is 22.8 Å².